The van der Waals surface area contributed by atoms with Crippen molar-refractivity contribution >= 4 is 11.8 Å². The van der Waals surface area contributed by atoms with Crippen LogP contribution in [0.5, 0.6) is 0 Å². The van der Waals surface area contributed by atoms with Gasteiger partial charge in [-0.05, 0) is 18.9 Å². The van der Waals surface area contributed by atoms with E-state index in [1.165, 1.54) is 6.20 Å². The van der Waals surface area contributed by atoms with Gasteiger partial charge in [0.2, 0.25) is 5.95 Å². The monoisotopic (exact) mass is 288 g/mol. The molecule has 1 heterocycles. The number of rotatable bonds is 7. The Morgan fingerprint density at radius 2 is 1.95 bits per heavy atom. The summed E-state index contributed by atoms with van der Waals surface area (Å²) in [6, 6.07) is 9.98. The summed E-state index contributed by atoms with van der Waals surface area (Å²) in [6.45, 7) is 6.12. The molecule has 0 saturated heterocycles. The first kappa shape index (κ1) is 15.2. The average Bonchev–Trinajstić information content (AvgIpc) is 2.53. The Labute approximate surface area is 125 Å². The number of nitrogens with one attached hydrogen (secondary N) is 1. The zero-order valence-corrected chi connectivity index (χ0v) is 12.5. The summed E-state index contributed by atoms with van der Waals surface area (Å²) in [6.07, 6.45) is 2.20. The number of anilines is 2. The van der Waals surface area contributed by atoms with Crippen LogP contribution in [0, 0.1) is 5.82 Å². The van der Waals surface area contributed by atoms with E-state index in [4.69, 9.17) is 0 Å². The van der Waals surface area contributed by atoms with Gasteiger partial charge in [-0.25, -0.2) is 9.37 Å². The van der Waals surface area contributed by atoms with E-state index in [1.54, 1.807) is 0 Å². The highest BCUT2D eigenvalue weighted by Crippen LogP contribution is 2.19. The molecular weight excluding hydrogens is 267 g/mol. The third-order valence-corrected chi connectivity index (χ3v) is 3.16. The normalized spacial score (nSPS) is 10.4. The Kier molecular flexibility index (Phi) is 5.49. The number of benzene rings is 1. The maximum absolute atomic E-state index is 14.0. The minimum Gasteiger partial charge on any atom is -0.354 e. The Hall–Kier alpha value is -2.17. The topological polar surface area (TPSA) is 41.1 Å². The molecule has 2 rings (SSSR count). The molecule has 0 aliphatic rings. The van der Waals surface area contributed by atoms with E-state index in [1.807, 2.05) is 42.2 Å². The van der Waals surface area contributed by atoms with Crippen LogP contribution < -0.4 is 10.2 Å². The maximum Gasteiger partial charge on any atom is 0.224 e. The molecule has 0 amide bonds. The molecule has 0 aliphatic carbocycles. The van der Waals surface area contributed by atoms with Crippen LogP contribution in [0.15, 0.2) is 36.5 Å². The van der Waals surface area contributed by atoms with Crippen LogP contribution in [0.4, 0.5) is 16.2 Å². The third-order valence-electron chi connectivity index (χ3n) is 3.16. The van der Waals surface area contributed by atoms with Crippen LogP contribution >= 0.6 is 0 Å². The predicted octanol–water partition coefficient (Wildman–Crippen LogP) is 3.46. The van der Waals surface area contributed by atoms with Gasteiger partial charge in [0.05, 0.1) is 6.20 Å². The van der Waals surface area contributed by atoms with Crippen molar-refractivity contribution in [2.24, 2.45) is 0 Å². The van der Waals surface area contributed by atoms with E-state index in [0.29, 0.717) is 24.9 Å². The zero-order valence-electron chi connectivity index (χ0n) is 12.5. The van der Waals surface area contributed by atoms with E-state index in [2.05, 4.69) is 22.2 Å². The fourth-order valence-corrected chi connectivity index (χ4v) is 2.04. The molecule has 112 valence electrons. The molecule has 0 bridgehead atoms. The molecule has 0 fully saturated rings. The summed E-state index contributed by atoms with van der Waals surface area (Å²) in [5, 5.41) is 3.09. The van der Waals surface area contributed by atoms with Gasteiger partial charge in [-0.15, -0.1) is 0 Å². The van der Waals surface area contributed by atoms with Crippen LogP contribution in [0.25, 0.3) is 0 Å². The molecule has 1 aromatic heterocycles. The molecule has 1 N–H and O–H groups in total. The molecule has 0 atom stereocenters. The molecule has 4 nitrogen and oxygen atoms in total. The van der Waals surface area contributed by atoms with E-state index in [-0.39, 0.29) is 0 Å². The first-order valence-electron chi connectivity index (χ1n) is 7.29. The number of hydrogen-bond donors (Lipinski definition) is 1. The standard InChI is InChI=1S/C16H21FN4/c1-3-10-18-16-19-11-14(17)15(20-16)21(4-2)12-13-8-6-5-7-9-13/h5-9,11H,3-4,10,12H2,1-2H3,(H,18,19,20). The summed E-state index contributed by atoms with van der Waals surface area (Å²) in [5.74, 6) is 0.421. The van der Waals surface area contributed by atoms with Crippen LogP contribution in [-0.4, -0.2) is 23.1 Å². The Morgan fingerprint density at radius 3 is 2.62 bits per heavy atom. The van der Waals surface area contributed by atoms with E-state index in [0.717, 1.165) is 18.5 Å². The van der Waals surface area contributed by atoms with E-state index >= 15 is 0 Å². The van der Waals surface area contributed by atoms with Crippen LogP contribution in [0.1, 0.15) is 25.8 Å². The summed E-state index contributed by atoms with van der Waals surface area (Å²) in [4.78, 5) is 10.2. The van der Waals surface area contributed by atoms with Gasteiger partial charge in [0.15, 0.2) is 11.6 Å². The van der Waals surface area contributed by atoms with Gasteiger partial charge < -0.3 is 10.2 Å². The van der Waals surface area contributed by atoms with Crippen LogP contribution in [0.3, 0.4) is 0 Å². The summed E-state index contributed by atoms with van der Waals surface area (Å²) in [7, 11) is 0. The van der Waals surface area contributed by atoms with Crippen molar-refractivity contribution in [2.45, 2.75) is 26.8 Å². The zero-order chi connectivity index (χ0) is 15.1. The Morgan fingerprint density at radius 1 is 1.19 bits per heavy atom. The van der Waals surface area contributed by atoms with Crippen molar-refractivity contribution in [1.82, 2.24) is 9.97 Å². The fourth-order valence-electron chi connectivity index (χ4n) is 2.04. The first-order chi connectivity index (χ1) is 10.2. The third kappa shape index (κ3) is 4.15. The summed E-state index contributed by atoms with van der Waals surface area (Å²) >= 11 is 0. The molecular formula is C16H21FN4. The Bertz CT molecular complexity index is 559. The molecule has 0 saturated carbocycles. The lowest BCUT2D eigenvalue weighted by Crippen LogP contribution is -2.25. The molecule has 0 radical (unpaired) electrons. The van der Waals surface area contributed by atoms with Crippen molar-refractivity contribution in [1.29, 1.82) is 0 Å². The van der Waals surface area contributed by atoms with Crippen molar-refractivity contribution < 1.29 is 4.39 Å². The number of hydrogen-bond acceptors (Lipinski definition) is 4. The summed E-state index contributed by atoms with van der Waals surface area (Å²) < 4.78 is 14.0. The molecule has 2 aromatic rings. The second kappa shape index (κ2) is 7.57. The average molecular weight is 288 g/mol. The van der Waals surface area contributed by atoms with Gasteiger partial charge in [0.25, 0.3) is 0 Å². The molecule has 0 aliphatic heterocycles. The lowest BCUT2D eigenvalue weighted by atomic mass is 10.2. The molecule has 0 unspecified atom stereocenters. The molecule has 1 aromatic carbocycles. The second-order valence-corrected chi connectivity index (χ2v) is 4.79. The SMILES string of the molecule is CCCNc1ncc(F)c(N(CC)Cc2ccccc2)n1. The lowest BCUT2D eigenvalue weighted by molar-refractivity contribution is 0.602. The van der Waals surface area contributed by atoms with Crippen molar-refractivity contribution in [3.8, 4) is 0 Å². The highest BCUT2D eigenvalue weighted by atomic mass is 19.1. The van der Waals surface area contributed by atoms with Gasteiger partial charge in [-0.3, -0.25) is 0 Å². The highest BCUT2D eigenvalue weighted by molar-refractivity contribution is 5.44. The van der Waals surface area contributed by atoms with Gasteiger partial charge in [-0.2, -0.15) is 4.98 Å². The smallest absolute Gasteiger partial charge is 0.224 e. The number of halogens is 1. The maximum atomic E-state index is 14.0. The van der Waals surface area contributed by atoms with E-state index < -0.39 is 5.82 Å². The van der Waals surface area contributed by atoms with Gasteiger partial charge in [-0.1, -0.05) is 37.3 Å². The Balaban J connectivity index is 2.20. The summed E-state index contributed by atoms with van der Waals surface area (Å²) in [5.41, 5.74) is 1.13. The number of aromatic nitrogens is 2. The molecule has 0 spiro atoms. The quantitative estimate of drug-likeness (QED) is 0.847. The van der Waals surface area contributed by atoms with Crippen molar-refractivity contribution in [3.63, 3.8) is 0 Å². The van der Waals surface area contributed by atoms with Gasteiger partial charge in [0.1, 0.15) is 0 Å². The molecule has 5 heteroatoms. The minimum atomic E-state index is -0.394. The fraction of sp³-hybridized carbons (Fsp3) is 0.375. The number of nitrogens with zero attached hydrogens (tertiary/aromatic N) is 3. The predicted molar refractivity (Wildman–Crippen MR) is 83.9 cm³/mol. The largest absolute Gasteiger partial charge is 0.354 e. The molecule has 21 heavy (non-hydrogen) atoms. The van der Waals surface area contributed by atoms with Crippen LogP contribution in [0.2, 0.25) is 0 Å². The second-order valence-electron chi connectivity index (χ2n) is 4.79. The van der Waals surface area contributed by atoms with Crippen molar-refractivity contribution in [2.75, 3.05) is 23.3 Å². The van der Waals surface area contributed by atoms with Crippen LogP contribution in [-0.2, 0) is 6.54 Å². The minimum absolute atomic E-state index is 0.343. The van der Waals surface area contributed by atoms with Gasteiger partial charge in [0, 0.05) is 19.6 Å². The highest BCUT2D eigenvalue weighted by Gasteiger charge is 2.14. The first-order valence-corrected chi connectivity index (χ1v) is 7.29. The van der Waals surface area contributed by atoms with Gasteiger partial charge >= 0.3 is 0 Å². The van der Waals surface area contributed by atoms with Crippen molar-refractivity contribution in [3.05, 3.63) is 47.9 Å². The van der Waals surface area contributed by atoms with E-state index in [9.17, 15) is 4.39 Å². The lowest BCUT2D eigenvalue weighted by Gasteiger charge is -2.22.